The van der Waals surface area contributed by atoms with Crippen molar-refractivity contribution in [2.24, 2.45) is 0 Å². The van der Waals surface area contributed by atoms with Gasteiger partial charge in [-0.15, -0.1) is 6.58 Å². The zero-order chi connectivity index (χ0) is 8.81. The van der Waals surface area contributed by atoms with Gasteiger partial charge in [-0.25, -0.2) is 0 Å². The molecule has 0 saturated carbocycles. The molecule has 0 aromatic heterocycles. The Kier molecular flexibility index (Phi) is 4.33. The van der Waals surface area contributed by atoms with Crippen molar-refractivity contribution >= 4 is 0 Å². The van der Waals surface area contributed by atoms with E-state index in [1.807, 2.05) is 6.08 Å². The summed E-state index contributed by atoms with van der Waals surface area (Å²) < 4.78 is 0. The van der Waals surface area contributed by atoms with Crippen molar-refractivity contribution in [3.8, 4) is 0 Å². The van der Waals surface area contributed by atoms with E-state index in [1.54, 1.807) is 0 Å². The molecular formula is C10H19NO. The number of allylic oxidation sites excluding steroid dienone is 1. The first-order valence-electron chi connectivity index (χ1n) is 4.84. The van der Waals surface area contributed by atoms with Crippen molar-refractivity contribution in [2.45, 2.75) is 31.7 Å². The topological polar surface area (TPSA) is 23.5 Å². The summed E-state index contributed by atoms with van der Waals surface area (Å²) in [4.78, 5) is 2.39. The van der Waals surface area contributed by atoms with Crippen molar-refractivity contribution < 1.29 is 5.11 Å². The van der Waals surface area contributed by atoms with Gasteiger partial charge in [0.1, 0.15) is 0 Å². The van der Waals surface area contributed by atoms with Gasteiger partial charge in [-0.2, -0.15) is 0 Å². The number of rotatable bonds is 5. The molecule has 1 atom stereocenters. The van der Waals surface area contributed by atoms with Gasteiger partial charge in [0.15, 0.2) is 0 Å². The molecule has 0 amide bonds. The quantitative estimate of drug-likeness (QED) is 0.497. The zero-order valence-corrected chi connectivity index (χ0v) is 7.71. The van der Waals surface area contributed by atoms with Gasteiger partial charge in [-0.05, 0) is 38.8 Å². The minimum absolute atomic E-state index is 0.327. The van der Waals surface area contributed by atoms with Crippen molar-refractivity contribution in [2.75, 3.05) is 19.7 Å². The number of hydrogen-bond acceptors (Lipinski definition) is 2. The number of unbranched alkanes of at least 4 members (excludes halogenated alkanes) is 1. The van der Waals surface area contributed by atoms with Crippen molar-refractivity contribution in [3.63, 3.8) is 0 Å². The van der Waals surface area contributed by atoms with Crippen LogP contribution in [0.3, 0.4) is 0 Å². The first-order valence-corrected chi connectivity index (χ1v) is 4.84. The number of aliphatic hydroxyl groups excluding tert-OH is 1. The summed E-state index contributed by atoms with van der Waals surface area (Å²) in [7, 11) is 0. The summed E-state index contributed by atoms with van der Waals surface area (Å²) in [5, 5.41) is 9.03. The first kappa shape index (κ1) is 9.75. The van der Waals surface area contributed by atoms with E-state index >= 15 is 0 Å². The lowest BCUT2D eigenvalue weighted by Crippen LogP contribution is -2.32. The molecule has 70 valence electrons. The fourth-order valence-electron chi connectivity index (χ4n) is 1.84. The summed E-state index contributed by atoms with van der Waals surface area (Å²) in [6, 6.07) is 0.440. The molecule has 1 rings (SSSR count). The van der Waals surface area contributed by atoms with Gasteiger partial charge >= 0.3 is 0 Å². The molecule has 2 nitrogen and oxygen atoms in total. The van der Waals surface area contributed by atoms with E-state index in [0.29, 0.717) is 12.6 Å². The van der Waals surface area contributed by atoms with Crippen LogP contribution in [0, 0.1) is 0 Å². The van der Waals surface area contributed by atoms with Crippen LogP contribution in [-0.2, 0) is 0 Å². The monoisotopic (exact) mass is 169 g/mol. The second-order valence-electron chi connectivity index (χ2n) is 3.45. The van der Waals surface area contributed by atoms with E-state index in [-0.39, 0.29) is 0 Å². The maximum absolute atomic E-state index is 9.03. The van der Waals surface area contributed by atoms with Crippen LogP contribution in [0.2, 0.25) is 0 Å². The molecule has 0 aliphatic carbocycles. The number of likely N-dealkylation sites (tertiary alicyclic amines) is 1. The Morgan fingerprint density at radius 2 is 2.42 bits per heavy atom. The maximum Gasteiger partial charge on any atom is 0.0586 e. The van der Waals surface area contributed by atoms with Crippen LogP contribution in [0.4, 0.5) is 0 Å². The van der Waals surface area contributed by atoms with Crippen LogP contribution in [0.25, 0.3) is 0 Å². The van der Waals surface area contributed by atoms with Crippen LogP contribution in [0.5, 0.6) is 0 Å². The Bertz CT molecular complexity index is 136. The van der Waals surface area contributed by atoms with Crippen molar-refractivity contribution in [1.29, 1.82) is 0 Å². The normalized spacial score (nSPS) is 24.6. The van der Waals surface area contributed by atoms with E-state index in [1.165, 1.54) is 25.8 Å². The van der Waals surface area contributed by atoms with Crippen LogP contribution >= 0.6 is 0 Å². The second-order valence-corrected chi connectivity index (χ2v) is 3.45. The Morgan fingerprint density at radius 1 is 1.58 bits per heavy atom. The molecule has 0 bridgehead atoms. The van der Waals surface area contributed by atoms with Crippen LogP contribution in [0.1, 0.15) is 25.7 Å². The van der Waals surface area contributed by atoms with E-state index in [2.05, 4.69) is 11.5 Å². The average Bonchev–Trinajstić information content (AvgIpc) is 2.52. The fraction of sp³-hybridized carbons (Fsp3) is 0.800. The lowest BCUT2D eigenvalue weighted by Gasteiger charge is -2.21. The van der Waals surface area contributed by atoms with E-state index in [4.69, 9.17) is 5.11 Å². The number of hydrogen-bond donors (Lipinski definition) is 1. The first-order chi connectivity index (χ1) is 5.88. The molecule has 12 heavy (non-hydrogen) atoms. The van der Waals surface area contributed by atoms with Gasteiger partial charge in [-0.3, -0.25) is 4.90 Å². The van der Waals surface area contributed by atoms with Gasteiger partial charge in [0.05, 0.1) is 6.61 Å². The highest BCUT2D eigenvalue weighted by atomic mass is 16.3. The molecule has 1 aliphatic rings. The SMILES string of the molecule is C=CCCCN1CCCC1CO. The third-order valence-corrected chi connectivity index (χ3v) is 2.56. The van der Waals surface area contributed by atoms with E-state index < -0.39 is 0 Å². The smallest absolute Gasteiger partial charge is 0.0586 e. The molecule has 1 heterocycles. The molecule has 1 saturated heterocycles. The minimum Gasteiger partial charge on any atom is -0.395 e. The third kappa shape index (κ3) is 2.61. The van der Waals surface area contributed by atoms with E-state index in [9.17, 15) is 0 Å². The molecule has 1 aliphatic heterocycles. The van der Waals surface area contributed by atoms with Gasteiger partial charge in [0, 0.05) is 6.04 Å². The summed E-state index contributed by atoms with van der Waals surface area (Å²) in [5.74, 6) is 0. The van der Waals surface area contributed by atoms with Crippen molar-refractivity contribution in [1.82, 2.24) is 4.90 Å². The molecule has 1 unspecified atom stereocenters. The summed E-state index contributed by atoms with van der Waals surface area (Å²) in [6.07, 6.45) is 6.66. The van der Waals surface area contributed by atoms with Gasteiger partial charge in [0.2, 0.25) is 0 Å². The van der Waals surface area contributed by atoms with Crippen LogP contribution in [-0.4, -0.2) is 35.7 Å². The molecule has 0 spiro atoms. The molecule has 0 radical (unpaired) electrons. The highest BCUT2D eigenvalue weighted by molar-refractivity contribution is 4.79. The highest BCUT2D eigenvalue weighted by Crippen LogP contribution is 2.16. The lowest BCUT2D eigenvalue weighted by molar-refractivity contribution is 0.158. The lowest BCUT2D eigenvalue weighted by atomic mass is 10.2. The van der Waals surface area contributed by atoms with Crippen molar-refractivity contribution in [3.05, 3.63) is 12.7 Å². The van der Waals surface area contributed by atoms with Gasteiger partial charge in [-0.1, -0.05) is 6.08 Å². The molecule has 2 heteroatoms. The summed E-state index contributed by atoms with van der Waals surface area (Å²) in [5.41, 5.74) is 0. The predicted octanol–water partition coefficient (Wildman–Crippen LogP) is 1.41. The number of aliphatic hydroxyl groups is 1. The van der Waals surface area contributed by atoms with E-state index in [0.717, 1.165) is 13.0 Å². The molecular weight excluding hydrogens is 150 g/mol. The standard InChI is InChI=1S/C10H19NO/c1-2-3-4-7-11-8-5-6-10(11)9-12/h2,10,12H,1,3-9H2. The predicted molar refractivity (Wildman–Crippen MR) is 51.1 cm³/mol. The fourth-order valence-corrected chi connectivity index (χ4v) is 1.84. The summed E-state index contributed by atoms with van der Waals surface area (Å²) >= 11 is 0. The Hall–Kier alpha value is -0.340. The zero-order valence-electron chi connectivity index (χ0n) is 7.71. The maximum atomic E-state index is 9.03. The van der Waals surface area contributed by atoms with Crippen LogP contribution in [0.15, 0.2) is 12.7 Å². The Labute approximate surface area is 74.9 Å². The van der Waals surface area contributed by atoms with Gasteiger partial charge < -0.3 is 5.11 Å². The van der Waals surface area contributed by atoms with Crippen LogP contribution < -0.4 is 0 Å². The Morgan fingerprint density at radius 3 is 3.08 bits per heavy atom. The third-order valence-electron chi connectivity index (χ3n) is 2.56. The second kappa shape index (κ2) is 5.33. The summed E-state index contributed by atoms with van der Waals surface area (Å²) in [6.45, 7) is 6.31. The molecule has 0 aromatic carbocycles. The Balaban J connectivity index is 2.16. The largest absolute Gasteiger partial charge is 0.395 e. The average molecular weight is 169 g/mol. The van der Waals surface area contributed by atoms with Gasteiger partial charge in [0.25, 0.3) is 0 Å². The number of nitrogens with zero attached hydrogens (tertiary/aromatic N) is 1. The molecule has 1 fully saturated rings. The molecule has 1 N–H and O–H groups in total. The minimum atomic E-state index is 0.327. The molecule has 0 aromatic rings. The highest BCUT2D eigenvalue weighted by Gasteiger charge is 2.22.